The molecule has 1 atom stereocenters. The van der Waals surface area contributed by atoms with E-state index in [-0.39, 0.29) is 30.9 Å². The van der Waals surface area contributed by atoms with E-state index in [1.54, 1.807) is 18.2 Å². The van der Waals surface area contributed by atoms with Gasteiger partial charge in [-0.3, -0.25) is 9.69 Å². The number of hydrogen-bond donors (Lipinski definition) is 0. The molecule has 0 N–H and O–H groups in total. The lowest BCUT2D eigenvalue weighted by atomic mass is 9.97. The molecule has 5 rings (SSSR count). The number of ether oxygens (including phenoxy) is 2. The number of rotatable bonds is 6. The van der Waals surface area contributed by atoms with Crippen LogP contribution in [-0.2, 0) is 27.1 Å². The Kier molecular flexibility index (Phi) is 7.65. The molecular weight excluding hydrogens is 525 g/mol. The van der Waals surface area contributed by atoms with E-state index >= 15 is 0 Å². The lowest BCUT2D eigenvalue weighted by molar-refractivity contribution is -0.138. The number of carbonyl (C=O) groups excluding carboxylic acids is 1. The molecule has 194 valence electrons. The molecule has 0 aromatic heterocycles. The van der Waals surface area contributed by atoms with Gasteiger partial charge < -0.3 is 14.4 Å². The molecule has 2 aromatic carbocycles. The molecule has 3 aliphatic heterocycles. The van der Waals surface area contributed by atoms with E-state index in [4.69, 9.17) is 32.7 Å². The summed E-state index contributed by atoms with van der Waals surface area (Å²) in [7, 11) is -3.66. The zero-order chi connectivity index (χ0) is 25.3. The second-order valence-electron chi connectivity index (χ2n) is 9.44. The van der Waals surface area contributed by atoms with Crippen LogP contribution in [0.25, 0.3) is 0 Å². The molecule has 0 spiro atoms. The number of piperazine rings is 1. The molecule has 36 heavy (non-hydrogen) atoms. The predicted molar refractivity (Wildman–Crippen MR) is 138 cm³/mol. The van der Waals surface area contributed by atoms with Gasteiger partial charge in [0, 0.05) is 61.4 Å². The summed E-state index contributed by atoms with van der Waals surface area (Å²) in [5.74, 6) is 0.969. The van der Waals surface area contributed by atoms with E-state index in [2.05, 4.69) is 4.90 Å². The van der Waals surface area contributed by atoms with Crippen LogP contribution in [0.3, 0.4) is 0 Å². The Morgan fingerprint density at radius 3 is 2.44 bits per heavy atom. The zero-order valence-corrected chi connectivity index (χ0v) is 22.2. The fourth-order valence-electron chi connectivity index (χ4n) is 5.02. The molecule has 2 aromatic rings. The van der Waals surface area contributed by atoms with Crippen molar-refractivity contribution in [2.45, 2.75) is 25.1 Å². The Labute approximate surface area is 221 Å². The van der Waals surface area contributed by atoms with Crippen molar-refractivity contribution in [3.05, 3.63) is 57.6 Å². The molecule has 0 aliphatic carbocycles. The lowest BCUT2D eigenvalue weighted by Crippen LogP contribution is -2.52. The third kappa shape index (κ3) is 5.60. The van der Waals surface area contributed by atoms with Crippen molar-refractivity contribution in [2.24, 2.45) is 5.92 Å². The normalized spacial score (nSPS) is 21.1. The van der Waals surface area contributed by atoms with E-state index in [0.29, 0.717) is 48.1 Å². The molecule has 1 amide bonds. The minimum absolute atomic E-state index is 0.0356. The van der Waals surface area contributed by atoms with Gasteiger partial charge in [0.25, 0.3) is 0 Å². The quantitative estimate of drug-likeness (QED) is 0.543. The maximum atomic E-state index is 13.3. The topological polar surface area (TPSA) is 79.4 Å². The van der Waals surface area contributed by atoms with Crippen LogP contribution in [0.15, 0.2) is 36.4 Å². The molecule has 11 heteroatoms. The van der Waals surface area contributed by atoms with E-state index in [1.807, 2.05) is 23.1 Å². The summed E-state index contributed by atoms with van der Waals surface area (Å²) < 4.78 is 38.6. The van der Waals surface area contributed by atoms with Crippen LogP contribution in [0.1, 0.15) is 24.0 Å². The molecule has 2 saturated heterocycles. The fourth-order valence-corrected chi connectivity index (χ4v) is 7.38. The number of fused-ring (bicyclic) bond motifs is 1. The van der Waals surface area contributed by atoms with Gasteiger partial charge >= 0.3 is 0 Å². The van der Waals surface area contributed by atoms with Crippen molar-refractivity contribution in [3.8, 4) is 11.5 Å². The molecule has 3 heterocycles. The standard InChI is InChI=1S/C25H29Cl2N3O5S/c26-21-4-1-5-22(27)20(21)16-36(32,33)30-8-2-3-19(15-30)25(31)29-11-9-28(10-12-29)14-18-6-7-23-24(13-18)35-17-34-23/h1,4-7,13,19H,2-3,8-12,14-17H2/t19-/m1/s1. The van der Waals surface area contributed by atoms with Gasteiger partial charge in [-0.05, 0) is 42.7 Å². The van der Waals surface area contributed by atoms with Crippen molar-refractivity contribution < 1.29 is 22.7 Å². The summed E-state index contributed by atoms with van der Waals surface area (Å²) in [6.45, 7) is 4.41. The highest BCUT2D eigenvalue weighted by Gasteiger charge is 2.35. The first-order valence-electron chi connectivity index (χ1n) is 12.1. The Balaban J connectivity index is 1.16. The molecule has 0 unspecified atom stereocenters. The first kappa shape index (κ1) is 25.6. The van der Waals surface area contributed by atoms with E-state index in [0.717, 1.165) is 36.7 Å². The molecule has 2 fully saturated rings. The number of halogens is 2. The molecular formula is C25H29Cl2N3O5S. The van der Waals surface area contributed by atoms with Crippen molar-refractivity contribution >= 4 is 39.1 Å². The van der Waals surface area contributed by atoms with Crippen molar-refractivity contribution in [2.75, 3.05) is 46.1 Å². The second-order valence-corrected chi connectivity index (χ2v) is 12.2. The van der Waals surface area contributed by atoms with Crippen molar-refractivity contribution in [1.29, 1.82) is 0 Å². The molecule has 8 nitrogen and oxygen atoms in total. The molecule has 0 radical (unpaired) electrons. The summed E-state index contributed by atoms with van der Waals surface area (Å²) in [6, 6.07) is 10.9. The van der Waals surface area contributed by atoms with Crippen LogP contribution in [0, 0.1) is 5.92 Å². The number of benzene rings is 2. The van der Waals surface area contributed by atoms with Gasteiger partial charge in [-0.25, -0.2) is 12.7 Å². The van der Waals surface area contributed by atoms with E-state index in [1.165, 1.54) is 4.31 Å². The number of sulfonamides is 1. The van der Waals surface area contributed by atoms with Crippen LogP contribution >= 0.6 is 23.2 Å². The Morgan fingerprint density at radius 1 is 0.972 bits per heavy atom. The third-order valence-electron chi connectivity index (χ3n) is 7.04. The smallest absolute Gasteiger partial charge is 0.231 e. The van der Waals surface area contributed by atoms with Crippen LogP contribution in [0.5, 0.6) is 11.5 Å². The highest BCUT2D eigenvalue weighted by atomic mass is 35.5. The predicted octanol–water partition coefficient (Wildman–Crippen LogP) is 3.61. The van der Waals surface area contributed by atoms with Crippen LogP contribution < -0.4 is 9.47 Å². The largest absolute Gasteiger partial charge is 0.454 e. The molecule has 0 saturated carbocycles. The first-order valence-corrected chi connectivity index (χ1v) is 14.5. The summed E-state index contributed by atoms with van der Waals surface area (Å²) in [4.78, 5) is 17.5. The average Bonchev–Trinajstić information content (AvgIpc) is 3.34. The van der Waals surface area contributed by atoms with Gasteiger partial charge in [0.1, 0.15) is 0 Å². The highest BCUT2D eigenvalue weighted by Crippen LogP contribution is 2.33. The highest BCUT2D eigenvalue weighted by molar-refractivity contribution is 7.88. The number of hydrogen-bond acceptors (Lipinski definition) is 6. The Morgan fingerprint density at radius 2 is 1.69 bits per heavy atom. The Hall–Kier alpha value is -2.04. The van der Waals surface area contributed by atoms with Crippen LogP contribution in [0.4, 0.5) is 0 Å². The molecule has 3 aliphatic rings. The van der Waals surface area contributed by atoms with Gasteiger partial charge in [0.05, 0.1) is 11.7 Å². The summed E-state index contributed by atoms with van der Waals surface area (Å²) in [5, 5.41) is 0.656. The van der Waals surface area contributed by atoms with Gasteiger partial charge in [-0.2, -0.15) is 0 Å². The minimum atomic E-state index is -3.66. The number of nitrogens with zero attached hydrogens (tertiary/aromatic N) is 3. The Bertz CT molecular complexity index is 1210. The monoisotopic (exact) mass is 553 g/mol. The summed E-state index contributed by atoms with van der Waals surface area (Å²) in [5.41, 5.74) is 1.54. The SMILES string of the molecule is O=C([C@@H]1CCCN(S(=O)(=O)Cc2c(Cl)cccc2Cl)C1)N1CCN(Cc2ccc3c(c2)OCO3)CC1. The van der Waals surface area contributed by atoms with E-state index in [9.17, 15) is 13.2 Å². The van der Waals surface area contributed by atoms with Gasteiger partial charge in [-0.1, -0.05) is 35.3 Å². The van der Waals surface area contributed by atoms with Crippen molar-refractivity contribution in [1.82, 2.24) is 14.1 Å². The lowest BCUT2D eigenvalue weighted by Gasteiger charge is -2.38. The summed E-state index contributed by atoms with van der Waals surface area (Å²) >= 11 is 12.4. The van der Waals surface area contributed by atoms with Crippen LogP contribution in [-0.4, -0.2) is 74.5 Å². The number of amides is 1. The number of carbonyl (C=O) groups is 1. The maximum Gasteiger partial charge on any atom is 0.231 e. The zero-order valence-electron chi connectivity index (χ0n) is 19.9. The second kappa shape index (κ2) is 10.8. The summed E-state index contributed by atoms with van der Waals surface area (Å²) in [6.07, 6.45) is 1.34. The van der Waals surface area contributed by atoms with Crippen molar-refractivity contribution in [3.63, 3.8) is 0 Å². The van der Waals surface area contributed by atoms with E-state index < -0.39 is 10.0 Å². The van der Waals surface area contributed by atoms with Gasteiger partial charge in [0.2, 0.25) is 22.7 Å². The minimum Gasteiger partial charge on any atom is -0.454 e. The molecule has 0 bridgehead atoms. The first-order chi connectivity index (χ1) is 17.3. The number of piperidine rings is 1. The average molecular weight is 554 g/mol. The fraction of sp³-hybridized carbons (Fsp3) is 0.480. The third-order valence-corrected chi connectivity index (χ3v) is 9.52. The van der Waals surface area contributed by atoms with Gasteiger partial charge in [-0.15, -0.1) is 0 Å². The van der Waals surface area contributed by atoms with Gasteiger partial charge in [0.15, 0.2) is 11.5 Å². The van der Waals surface area contributed by atoms with Crippen LogP contribution in [0.2, 0.25) is 10.0 Å². The maximum absolute atomic E-state index is 13.3.